The van der Waals surface area contributed by atoms with Crippen LogP contribution in [0.3, 0.4) is 0 Å². The number of nitrogens with one attached hydrogen (secondary N) is 1. The monoisotopic (exact) mass is 293 g/mol. The quantitative estimate of drug-likeness (QED) is 0.867. The fourth-order valence-corrected chi connectivity index (χ4v) is 4.01. The van der Waals surface area contributed by atoms with Crippen LogP contribution >= 0.6 is 11.3 Å². The van der Waals surface area contributed by atoms with Crippen molar-refractivity contribution < 1.29 is 14.3 Å². The summed E-state index contributed by atoms with van der Waals surface area (Å²) in [6, 6.07) is 1.78. The van der Waals surface area contributed by atoms with Gasteiger partial charge in [-0.2, -0.15) is 0 Å². The largest absolute Gasteiger partial charge is 0.462 e. The van der Waals surface area contributed by atoms with E-state index in [-0.39, 0.29) is 17.8 Å². The van der Waals surface area contributed by atoms with Crippen LogP contribution in [-0.2, 0) is 9.53 Å². The van der Waals surface area contributed by atoms with Gasteiger partial charge in [-0.25, -0.2) is 4.79 Å². The summed E-state index contributed by atoms with van der Waals surface area (Å²) >= 11 is 1.43. The second kappa shape index (κ2) is 5.20. The number of rotatable bonds is 4. The van der Waals surface area contributed by atoms with E-state index in [0.29, 0.717) is 17.2 Å². The topological polar surface area (TPSA) is 55.4 Å². The Morgan fingerprint density at radius 1 is 1.35 bits per heavy atom. The molecular formula is C15H19NO3S. The molecule has 20 heavy (non-hydrogen) atoms. The lowest BCUT2D eigenvalue weighted by molar-refractivity contribution is -0.119. The van der Waals surface area contributed by atoms with Gasteiger partial charge in [0.05, 0.1) is 12.2 Å². The van der Waals surface area contributed by atoms with Crippen LogP contribution in [0.1, 0.15) is 41.4 Å². The van der Waals surface area contributed by atoms with Crippen molar-refractivity contribution in [2.45, 2.75) is 33.1 Å². The van der Waals surface area contributed by atoms with Gasteiger partial charge in [-0.3, -0.25) is 4.79 Å². The Morgan fingerprint density at radius 3 is 2.70 bits per heavy atom. The molecule has 108 valence electrons. The minimum Gasteiger partial charge on any atom is -0.462 e. The van der Waals surface area contributed by atoms with Gasteiger partial charge in [0.15, 0.2) is 0 Å². The van der Waals surface area contributed by atoms with Crippen molar-refractivity contribution in [1.29, 1.82) is 0 Å². The van der Waals surface area contributed by atoms with Crippen molar-refractivity contribution in [3.8, 4) is 0 Å². The average molecular weight is 293 g/mol. The van der Waals surface area contributed by atoms with E-state index >= 15 is 0 Å². The highest BCUT2D eigenvalue weighted by Gasteiger charge is 2.48. The summed E-state index contributed by atoms with van der Waals surface area (Å²) < 4.78 is 5.03. The zero-order valence-corrected chi connectivity index (χ0v) is 12.6. The van der Waals surface area contributed by atoms with E-state index in [1.165, 1.54) is 17.8 Å². The van der Waals surface area contributed by atoms with Crippen LogP contribution in [-0.4, -0.2) is 18.5 Å². The molecule has 0 aromatic carbocycles. The lowest BCUT2D eigenvalue weighted by atomic mass is 10.0. The number of carbonyl (C=O) groups excluding carboxylic acids is 2. The molecule has 1 aromatic rings. The third-order valence-corrected chi connectivity index (χ3v) is 5.17. The zero-order valence-electron chi connectivity index (χ0n) is 11.8. The first-order valence-electron chi connectivity index (χ1n) is 7.17. The van der Waals surface area contributed by atoms with E-state index in [9.17, 15) is 9.59 Å². The van der Waals surface area contributed by atoms with Crippen molar-refractivity contribution in [3.63, 3.8) is 0 Å². The molecule has 2 aliphatic carbocycles. The normalized spacial score (nSPS) is 27.0. The number of amides is 1. The van der Waals surface area contributed by atoms with Crippen LogP contribution in [0.5, 0.6) is 0 Å². The summed E-state index contributed by atoms with van der Waals surface area (Å²) in [7, 11) is 0. The predicted octanol–water partition coefficient (Wildman–Crippen LogP) is 3.22. The summed E-state index contributed by atoms with van der Waals surface area (Å²) in [5.41, 5.74) is 0.478. The van der Waals surface area contributed by atoms with E-state index < -0.39 is 0 Å². The molecule has 2 fully saturated rings. The molecule has 2 aliphatic rings. The van der Waals surface area contributed by atoms with Crippen LogP contribution < -0.4 is 5.32 Å². The molecular weight excluding hydrogens is 274 g/mol. The number of hydrogen-bond donors (Lipinski definition) is 1. The average Bonchev–Trinajstić information content (AvgIpc) is 2.83. The summed E-state index contributed by atoms with van der Waals surface area (Å²) in [6.07, 6.45) is 3.32. The minimum atomic E-state index is -0.360. The van der Waals surface area contributed by atoms with Gasteiger partial charge in [-0.05, 0) is 51.0 Å². The van der Waals surface area contributed by atoms with Gasteiger partial charge in [-0.15, -0.1) is 11.3 Å². The van der Waals surface area contributed by atoms with Gasteiger partial charge in [0.25, 0.3) is 0 Å². The number of esters is 1. The maximum absolute atomic E-state index is 12.3. The molecule has 0 radical (unpaired) electrons. The first-order valence-corrected chi connectivity index (χ1v) is 7.98. The second-order valence-electron chi connectivity index (χ2n) is 5.73. The number of hydrogen-bond acceptors (Lipinski definition) is 4. The fraction of sp³-hybridized carbons (Fsp3) is 0.600. The highest BCUT2D eigenvalue weighted by atomic mass is 32.1. The maximum atomic E-state index is 12.3. The molecule has 1 N–H and O–H groups in total. The molecule has 0 saturated heterocycles. The Morgan fingerprint density at radius 2 is 2.05 bits per heavy atom. The summed E-state index contributed by atoms with van der Waals surface area (Å²) in [6.45, 7) is 4.04. The van der Waals surface area contributed by atoms with Gasteiger partial charge in [0, 0.05) is 10.8 Å². The lowest BCUT2D eigenvalue weighted by Gasteiger charge is -2.12. The number of thiophene rings is 1. The standard InChI is InChI=1S/C15H19NO3S/c1-3-19-15(18)12-4-8(2)20-14(12)16-13(17)11-6-9-5-10(9)7-11/h4,9-11H,3,5-7H2,1-2H3,(H,16,17). The minimum absolute atomic E-state index is 0.0598. The van der Waals surface area contributed by atoms with Crippen molar-refractivity contribution in [1.82, 2.24) is 0 Å². The van der Waals surface area contributed by atoms with Gasteiger partial charge in [-0.1, -0.05) is 0 Å². The Hall–Kier alpha value is -1.36. The molecule has 3 rings (SSSR count). The van der Waals surface area contributed by atoms with Crippen molar-refractivity contribution in [2.75, 3.05) is 11.9 Å². The summed E-state index contributed by atoms with van der Waals surface area (Å²) in [5.74, 6) is 1.38. The number of ether oxygens (including phenoxy) is 1. The first kappa shape index (κ1) is 13.6. The molecule has 5 heteroatoms. The van der Waals surface area contributed by atoms with E-state index in [4.69, 9.17) is 4.74 Å². The Kier molecular flexibility index (Phi) is 3.54. The van der Waals surface area contributed by atoms with Crippen LogP contribution in [0.4, 0.5) is 5.00 Å². The summed E-state index contributed by atoms with van der Waals surface area (Å²) in [4.78, 5) is 25.1. The smallest absolute Gasteiger partial charge is 0.341 e. The molecule has 2 atom stereocenters. The molecule has 2 saturated carbocycles. The Balaban J connectivity index is 1.70. The van der Waals surface area contributed by atoms with Gasteiger partial charge in [0.1, 0.15) is 5.00 Å². The van der Waals surface area contributed by atoms with Crippen LogP contribution in [0, 0.1) is 24.7 Å². The van der Waals surface area contributed by atoms with Gasteiger partial charge < -0.3 is 10.1 Å². The number of fused-ring (bicyclic) bond motifs is 1. The molecule has 0 spiro atoms. The van der Waals surface area contributed by atoms with E-state index in [1.54, 1.807) is 13.0 Å². The molecule has 0 bridgehead atoms. The van der Waals surface area contributed by atoms with Crippen molar-refractivity contribution in [2.24, 2.45) is 17.8 Å². The maximum Gasteiger partial charge on any atom is 0.341 e. The van der Waals surface area contributed by atoms with E-state index in [2.05, 4.69) is 5.32 Å². The SMILES string of the molecule is CCOC(=O)c1cc(C)sc1NC(=O)C1CC2CC2C1. The third kappa shape index (κ3) is 2.59. The van der Waals surface area contributed by atoms with Crippen molar-refractivity contribution >= 4 is 28.2 Å². The first-order chi connectivity index (χ1) is 9.58. The predicted molar refractivity (Wildman–Crippen MR) is 78.0 cm³/mol. The highest BCUT2D eigenvalue weighted by molar-refractivity contribution is 7.16. The molecule has 1 aromatic heterocycles. The Labute approximate surface area is 122 Å². The fourth-order valence-electron chi connectivity index (χ4n) is 3.11. The lowest BCUT2D eigenvalue weighted by Crippen LogP contribution is -2.22. The molecule has 1 heterocycles. The van der Waals surface area contributed by atoms with Gasteiger partial charge in [0.2, 0.25) is 5.91 Å². The zero-order chi connectivity index (χ0) is 14.3. The number of carbonyl (C=O) groups is 2. The second-order valence-corrected chi connectivity index (χ2v) is 6.99. The van der Waals surface area contributed by atoms with Crippen LogP contribution in [0.15, 0.2) is 6.07 Å². The van der Waals surface area contributed by atoms with Crippen LogP contribution in [0.25, 0.3) is 0 Å². The molecule has 0 aliphatic heterocycles. The van der Waals surface area contributed by atoms with E-state index in [0.717, 1.165) is 29.6 Å². The highest BCUT2D eigenvalue weighted by Crippen LogP contribution is 2.54. The van der Waals surface area contributed by atoms with Gasteiger partial charge >= 0.3 is 5.97 Å². The molecule has 4 nitrogen and oxygen atoms in total. The Bertz CT molecular complexity index is 541. The third-order valence-electron chi connectivity index (χ3n) is 4.20. The van der Waals surface area contributed by atoms with Crippen LogP contribution in [0.2, 0.25) is 0 Å². The summed E-state index contributed by atoms with van der Waals surface area (Å²) in [5, 5.41) is 3.56. The molecule has 1 amide bonds. The van der Waals surface area contributed by atoms with E-state index in [1.807, 2.05) is 6.92 Å². The number of anilines is 1. The molecule has 2 unspecified atom stereocenters. The van der Waals surface area contributed by atoms with Crippen molar-refractivity contribution in [3.05, 3.63) is 16.5 Å². The number of aryl methyl sites for hydroxylation is 1.